The molecule has 0 heterocycles. The van der Waals surface area contributed by atoms with Crippen molar-refractivity contribution in [3.63, 3.8) is 0 Å². The molecule has 1 aliphatic rings. The van der Waals surface area contributed by atoms with Crippen LogP contribution in [0.15, 0.2) is 77.5 Å². The fraction of sp³-hybridized carbons (Fsp3) is 0.290. The summed E-state index contributed by atoms with van der Waals surface area (Å²) in [6.07, 6.45) is 5.77. The van der Waals surface area contributed by atoms with Gasteiger partial charge in [0.2, 0.25) is 0 Å². The Morgan fingerprint density at radius 3 is 1.84 bits per heavy atom. The van der Waals surface area contributed by atoms with Crippen molar-refractivity contribution < 1.29 is 0 Å². The first-order valence-electron chi connectivity index (χ1n) is 11.6. The summed E-state index contributed by atoms with van der Waals surface area (Å²) in [4.78, 5) is 0. The van der Waals surface area contributed by atoms with E-state index < -0.39 is 0 Å². The molecule has 4 rings (SSSR count). The number of benzene rings is 3. The molecule has 1 aliphatic carbocycles. The van der Waals surface area contributed by atoms with Crippen LogP contribution < -0.4 is 5.19 Å². The molecule has 0 saturated heterocycles. The molecule has 32 heavy (non-hydrogen) atoms. The summed E-state index contributed by atoms with van der Waals surface area (Å²) in [5.74, 6) is 0. The fourth-order valence-corrected chi connectivity index (χ4v) is 6.67. The lowest BCUT2D eigenvalue weighted by Gasteiger charge is -2.23. The van der Waals surface area contributed by atoms with Crippen LogP contribution in [0, 0.1) is 33.1 Å². The minimum Gasteiger partial charge on any atom is -0.0806 e. The molecular weight excluding hydrogens is 400 g/mol. The van der Waals surface area contributed by atoms with Crippen molar-refractivity contribution in [1.29, 1.82) is 0 Å². The van der Waals surface area contributed by atoms with E-state index in [4.69, 9.17) is 0 Å². The molecule has 0 unspecified atom stereocenters. The first-order valence-corrected chi connectivity index (χ1v) is 12.6. The van der Waals surface area contributed by atoms with Gasteiger partial charge in [0.15, 0.2) is 0 Å². The molecule has 0 bridgehead atoms. The van der Waals surface area contributed by atoms with Gasteiger partial charge in [0.25, 0.3) is 0 Å². The molecule has 162 valence electrons. The molecule has 0 amide bonds. The quantitative estimate of drug-likeness (QED) is 0.367. The van der Waals surface area contributed by atoms with E-state index in [1.165, 1.54) is 55.3 Å². The van der Waals surface area contributed by atoms with Gasteiger partial charge in [-0.15, -0.1) is 0 Å². The van der Waals surface area contributed by atoms with Gasteiger partial charge in [0.05, 0.1) is 0 Å². The lowest BCUT2D eigenvalue weighted by Crippen LogP contribution is -2.22. The summed E-state index contributed by atoms with van der Waals surface area (Å²) in [6, 6.07) is 20.8. The Labute approximate surface area is 196 Å². The highest BCUT2D eigenvalue weighted by atomic mass is 28.2. The third-order valence-corrected chi connectivity index (χ3v) is 7.59. The largest absolute Gasteiger partial charge is 0.117 e. The monoisotopic (exact) mass is 434 g/mol. The third-order valence-electron chi connectivity index (χ3n) is 6.13. The van der Waals surface area contributed by atoms with Crippen molar-refractivity contribution in [2.24, 2.45) is 5.41 Å². The normalized spacial score (nSPS) is 13.8. The molecule has 0 aliphatic heterocycles. The number of rotatable bonds is 4. The first kappa shape index (κ1) is 22.5. The summed E-state index contributed by atoms with van der Waals surface area (Å²) >= 11 is 0. The van der Waals surface area contributed by atoms with Crippen molar-refractivity contribution in [1.82, 2.24) is 0 Å². The van der Waals surface area contributed by atoms with Crippen molar-refractivity contribution in [2.45, 2.75) is 54.9 Å². The minimum absolute atomic E-state index is 0.181. The number of allylic oxidation sites excluding steroid dienone is 4. The van der Waals surface area contributed by atoms with Crippen LogP contribution in [-0.2, 0) is 0 Å². The van der Waals surface area contributed by atoms with Crippen LogP contribution in [0.1, 0.15) is 49.4 Å². The van der Waals surface area contributed by atoms with Crippen LogP contribution in [0.4, 0.5) is 0 Å². The molecule has 3 aromatic rings. The van der Waals surface area contributed by atoms with E-state index in [2.05, 4.69) is 115 Å². The van der Waals surface area contributed by atoms with E-state index in [0.717, 1.165) is 6.42 Å². The second-order valence-corrected chi connectivity index (χ2v) is 11.7. The van der Waals surface area contributed by atoms with Gasteiger partial charge < -0.3 is 0 Å². The zero-order chi connectivity index (χ0) is 23.0. The standard InChI is InChI=1S/C31H34Si/c1-20-14-21(2)17-24(16-20)26-10-8-13-29(30(26)25-18-22(3)15-23(4)19-25)32-28-12-9-11-27(28)31(5,6)7/h8-11,13-19H,12H2,1-7H3. The lowest BCUT2D eigenvalue weighted by molar-refractivity contribution is 0.516. The van der Waals surface area contributed by atoms with E-state index in [1.54, 1.807) is 5.20 Å². The molecular formula is C31H34Si. The average molecular weight is 435 g/mol. The molecule has 0 N–H and O–H groups in total. The van der Waals surface area contributed by atoms with Crippen molar-refractivity contribution in [3.05, 3.63) is 99.8 Å². The molecule has 0 saturated carbocycles. The van der Waals surface area contributed by atoms with E-state index in [-0.39, 0.29) is 5.41 Å². The molecule has 0 nitrogen and oxygen atoms in total. The minimum atomic E-state index is 0.181. The van der Waals surface area contributed by atoms with Crippen molar-refractivity contribution >= 4 is 14.7 Å². The molecule has 2 radical (unpaired) electrons. The Hall–Kier alpha value is -2.64. The van der Waals surface area contributed by atoms with Crippen LogP contribution >= 0.6 is 0 Å². The zero-order valence-electron chi connectivity index (χ0n) is 20.6. The maximum absolute atomic E-state index is 2.36. The van der Waals surface area contributed by atoms with Crippen LogP contribution in [0.25, 0.3) is 22.3 Å². The predicted octanol–water partition coefficient (Wildman–Crippen LogP) is 7.84. The van der Waals surface area contributed by atoms with Crippen molar-refractivity contribution in [3.8, 4) is 22.3 Å². The molecule has 0 spiro atoms. The number of hydrogen-bond donors (Lipinski definition) is 0. The second-order valence-electron chi connectivity index (χ2n) is 10.4. The van der Waals surface area contributed by atoms with Crippen LogP contribution in [0.5, 0.6) is 0 Å². The Balaban J connectivity index is 1.95. The van der Waals surface area contributed by atoms with E-state index in [0.29, 0.717) is 9.52 Å². The zero-order valence-corrected chi connectivity index (χ0v) is 21.6. The Morgan fingerprint density at radius 2 is 1.28 bits per heavy atom. The van der Waals surface area contributed by atoms with Crippen LogP contribution in [-0.4, -0.2) is 9.52 Å². The Bertz CT molecular complexity index is 1190. The van der Waals surface area contributed by atoms with Crippen molar-refractivity contribution in [2.75, 3.05) is 0 Å². The summed E-state index contributed by atoms with van der Waals surface area (Å²) in [7, 11) is 0.683. The van der Waals surface area contributed by atoms with E-state index in [9.17, 15) is 0 Å². The van der Waals surface area contributed by atoms with E-state index >= 15 is 0 Å². The molecule has 0 aromatic heterocycles. The molecule has 0 atom stereocenters. The van der Waals surface area contributed by atoms with Gasteiger partial charge in [-0.1, -0.05) is 120 Å². The number of hydrogen-bond acceptors (Lipinski definition) is 0. The Kier molecular flexibility index (Phi) is 6.14. The van der Waals surface area contributed by atoms with Crippen LogP contribution in [0.2, 0.25) is 0 Å². The topological polar surface area (TPSA) is 0 Å². The SMILES string of the molecule is Cc1cc(C)cc(-c2cccc([Si]C3=C(C(C)(C)C)C=CC3)c2-c2cc(C)cc(C)c2)c1. The van der Waals surface area contributed by atoms with Gasteiger partial charge in [-0.25, -0.2) is 0 Å². The summed E-state index contributed by atoms with van der Waals surface area (Å²) in [5, 5.41) is 3.04. The maximum atomic E-state index is 2.36. The fourth-order valence-electron chi connectivity index (χ4n) is 4.95. The highest BCUT2D eigenvalue weighted by Crippen LogP contribution is 2.36. The maximum Gasteiger partial charge on any atom is 0.117 e. The van der Waals surface area contributed by atoms with Gasteiger partial charge in [0, 0.05) is 0 Å². The smallest absolute Gasteiger partial charge is 0.0806 e. The average Bonchev–Trinajstić information content (AvgIpc) is 3.15. The van der Waals surface area contributed by atoms with Gasteiger partial charge in [-0.05, 0) is 67.4 Å². The summed E-state index contributed by atoms with van der Waals surface area (Å²) in [6.45, 7) is 15.8. The highest BCUT2D eigenvalue weighted by molar-refractivity contribution is 6.63. The lowest BCUT2D eigenvalue weighted by atomic mass is 9.87. The Morgan fingerprint density at radius 1 is 0.719 bits per heavy atom. The first-order chi connectivity index (χ1) is 15.1. The van der Waals surface area contributed by atoms with E-state index in [1.807, 2.05) is 0 Å². The molecule has 1 heteroatoms. The summed E-state index contributed by atoms with van der Waals surface area (Å²) < 4.78 is 0. The second kappa shape index (κ2) is 8.71. The summed E-state index contributed by atoms with van der Waals surface area (Å²) in [5.41, 5.74) is 12.4. The number of aryl methyl sites for hydroxylation is 4. The van der Waals surface area contributed by atoms with Gasteiger partial charge >= 0.3 is 0 Å². The van der Waals surface area contributed by atoms with Gasteiger partial charge in [0.1, 0.15) is 9.52 Å². The third kappa shape index (κ3) is 4.73. The molecule has 3 aromatic carbocycles. The van der Waals surface area contributed by atoms with Gasteiger partial charge in [-0.2, -0.15) is 0 Å². The van der Waals surface area contributed by atoms with Gasteiger partial charge in [-0.3, -0.25) is 0 Å². The highest BCUT2D eigenvalue weighted by Gasteiger charge is 2.23. The van der Waals surface area contributed by atoms with Crippen LogP contribution in [0.3, 0.4) is 0 Å². The predicted molar refractivity (Wildman–Crippen MR) is 142 cm³/mol. The molecule has 0 fully saturated rings.